The van der Waals surface area contributed by atoms with E-state index in [0.29, 0.717) is 5.02 Å². The van der Waals surface area contributed by atoms with Crippen LogP contribution in [0, 0.1) is 0 Å². The van der Waals surface area contributed by atoms with Crippen LogP contribution < -0.4 is 4.72 Å². The second-order valence-corrected chi connectivity index (χ2v) is 6.85. The third-order valence-corrected chi connectivity index (χ3v) is 4.02. The van der Waals surface area contributed by atoms with Crippen molar-refractivity contribution in [1.29, 1.82) is 0 Å². The second kappa shape index (κ2) is 4.94. The standard InChI is InChI=1S/C11H16ClNO3S/c1-11(2,3)13-17(15,16)10-5-4-9(12)6-8(10)7-14/h4-6,13-14H,7H2,1-3H3. The van der Waals surface area contributed by atoms with Gasteiger partial charge in [-0.05, 0) is 44.5 Å². The fourth-order valence-electron chi connectivity index (χ4n) is 1.39. The quantitative estimate of drug-likeness (QED) is 0.887. The van der Waals surface area contributed by atoms with E-state index in [1.807, 2.05) is 0 Å². The normalized spacial score (nSPS) is 12.8. The Hall–Kier alpha value is -0.620. The van der Waals surface area contributed by atoms with E-state index in [1.165, 1.54) is 18.2 Å². The van der Waals surface area contributed by atoms with Gasteiger partial charge in [-0.25, -0.2) is 13.1 Å². The van der Waals surface area contributed by atoms with Gasteiger partial charge in [-0.3, -0.25) is 0 Å². The maximum Gasteiger partial charge on any atom is 0.241 e. The zero-order valence-electron chi connectivity index (χ0n) is 9.99. The molecule has 0 amide bonds. The molecule has 0 bridgehead atoms. The Morgan fingerprint density at radius 1 is 1.35 bits per heavy atom. The summed E-state index contributed by atoms with van der Waals surface area (Å²) in [5, 5.41) is 9.55. The van der Waals surface area contributed by atoms with Gasteiger partial charge in [0, 0.05) is 10.6 Å². The van der Waals surface area contributed by atoms with Crippen LogP contribution in [0.5, 0.6) is 0 Å². The van der Waals surface area contributed by atoms with Gasteiger partial charge in [0.05, 0.1) is 11.5 Å². The summed E-state index contributed by atoms with van der Waals surface area (Å²) in [7, 11) is -3.65. The van der Waals surface area contributed by atoms with E-state index >= 15 is 0 Å². The number of halogens is 1. The Labute approximate surface area is 107 Å². The molecular weight excluding hydrogens is 262 g/mol. The van der Waals surface area contributed by atoms with E-state index in [9.17, 15) is 8.42 Å². The average molecular weight is 278 g/mol. The fraction of sp³-hybridized carbons (Fsp3) is 0.455. The minimum atomic E-state index is -3.65. The molecule has 0 saturated carbocycles. The largest absolute Gasteiger partial charge is 0.392 e. The van der Waals surface area contributed by atoms with Crippen LogP contribution in [0.25, 0.3) is 0 Å². The molecule has 6 heteroatoms. The molecule has 1 aromatic rings. The van der Waals surface area contributed by atoms with Crippen molar-refractivity contribution in [3.05, 3.63) is 28.8 Å². The van der Waals surface area contributed by atoms with Crippen LogP contribution in [0.4, 0.5) is 0 Å². The lowest BCUT2D eigenvalue weighted by molar-refractivity contribution is 0.278. The molecular formula is C11H16ClNO3S. The van der Waals surface area contributed by atoms with Crippen LogP contribution in [0.1, 0.15) is 26.3 Å². The Bertz CT molecular complexity index is 506. The van der Waals surface area contributed by atoms with Crippen LogP contribution in [-0.2, 0) is 16.6 Å². The molecule has 0 aromatic heterocycles. The molecule has 2 N–H and O–H groups in total. The van der Waals surface area contributed by atoms with Gasteiger partial charge in [-0.1, -0.05) is 11.6 Å². The van der Waals surface area contributed by atoms with Gasteiger partial charge in [-0.2, -0.15) is 0 Å². The topological polar surface area (TPSA) is 66.4 Å². The number of sulfonamides is 1. The Morgan fingerprint density at radius 2 is 1.94 bits per heavy atom. The highest BCUT2D eigenvalue weighted by molar-refractivity contribution is 7.89. The first-order valence-electron chi connectivity index (χ1n) is 5.09. The van der Waals surface area contributed by atoms with Crippen LogP contribution >= 0.6 is 11.6 Å². The van der Waals surface area contributed by atoms with Crippen molar-refractivity contribution >= 4 is 21.6 Å². The number of hydrogen-bond donors (Lipinski definition) is 2. The van der Waals surface area contributed by atoms with Gasteiger partial charge < -0.3 is 5.11 Å². The summed E-state index contributed by atoms with van der Waals surface area (Å²) in [5.74, 6) is 0. The van der Waals surface area contributed by atoms with Gasteiger partial charge in [0.2, 0.25) is 10.0 Å². The Morgan fingerprint density at radius 3 is 2.41 bits per heavy atom. The summed E-state index contributed by atoms with van der Waals surface area (Å²) in [5.41, 5.74) is -0.292. The molecule has 17 heavy (non-hydrogen) atoms. The van der Waals surface area contributed by atoms with Gasteiger partial charge in [0.1, 0.15) is 0 Å². The Balaban J connectivity index is 3.24. The summed E-state index contributed by atoms with van der Waals surface area (Å²) in [6, 6.07) is 4.32. The smallest absolute Gasteiger partial charge is 0.241 e. The maximum absolute atomic E-state index is 12.1. The highest BCUT2D eigenvalue weighted by atomic mass is 35.5. The summed E-state index contributed by atoms with van der Waals surface area (Å²) < 4.78 is 26.7. The minimum absolute atomic E-state index is 0.0549. The van der Waals surface area contributed by atoms with E-state index in [4.69, 9.17) is 16.7 Å². The molecule has 0 heterocycles. The third-order valence-electron chi connectivity index (χ3n) is 1.92. The molecule has 0 spiro atoms. The van der Waals surface area contributed by atoms with E-state index in [0.717, 1.165) is 0 Å². The number of aliphatic hydroxyl groups is 1. The third kappa shape index (κ3) is 3.96. The summed E-state index contributed by atoms with van der Waals surface area (Å²) >= 11 is 5.75. The van der Waals surface area contributed by atoms with Gasteiger partial charge in [-0.15, -0.1) is 0 Å². The molecule has 0 aliphatic heterocycles. The molecule has 0 atom stereocenters. The number of nitrogens with one attached hydrogen (secondary N) is 1. The van der Waals surface area contributed by atoms with Crippen molar-refractivity contribution in [2.75, 3.05) is 0 Å². The van der Waals surface area contributed by atoms with Crippen molar-refractivity contribution in [3.63, 3.8) is 0 Å². The summed E-state index contributed by atoms with van der Waals surface area (Å²) in [4.78, 5) is 0.0549. The summed E-state index contributed by atoms with van der Waals surface area (Å²) in [6.07, 6.45) is 0. The first-order valence-corrected chi connectivity index (χ1v) is 6.95. The van der Waals surface area contributed by atoms with E-state index < -0.39 is 15.6 Å². The van der Waals surface area contributed by atoms with Crippen molar-refractivity contribution in [1.82, 2.24) is 4.72 Å². The van der Waals surface area contributed by atoms with Crippen molar-refractivity contribution in [2.24, 2.45) is 0 Å². The van der Waals surface area contributed by atoms with Crippen molar-refractivity contribution in [3.8, 4) is 0 Å². The van der Waals surface area contributed by atoms with Crippen LogP contribution in [0.15, 0.2) is 23.1 Å². The van der Waals surface area contributed by atoms with Gasteiger partial charge in [0.25, 0.3) is 0 Å². The molecule has 0 saturated heterocycles. The van der Waals surface area contributed by atoms with Crippen LogP contribution in [0.3, 0.4) is 0 Å². The van der Waals surface area contributed by atoms with Crippen LogP contribution in [0.2, 0.25) is 5.02 Å². The predicted molar refractivity (Wildman–Crippen MR) is 67.4 cm³/mol. The lowest BCUT2D eigenvalue weighted by Crippen LogP contribution is -2.40. The fourth-order valence-corrected chi connectivity index (χ4v) is 3.22. The van der Waals surface area contributed by atoms with Crippen molar-refractivity contribution < 1.29 is 13.5 Å². The highest BCUT2D eigenvalue weighted by Gasteiger charge is 2.24. The number of aliphatic hydroxyl groups excluding tert-OH is 1. The molecule has 0 radical (unpaired) electrons. The lowest BCUT2D eigenvalue weighted by atomic mass is 10.1. The van der Waals surface area contributed by atoms with Gasteiger partial charge in [0.15, 0.2) is 0 Å². The molecule has 0 aliphatic rings. The van der Waals surface area contributed by atoms with E-state index in [2.05, 4.69) is 4.72 Å². The first-order chi connectivity index (χ1) is 7.65. The first kappa shape index (κ1) is 14.4. The highest BCUT2D eigenvalue weighted by Crippen LogP contribution is 2.21. The molecule has 0 aliphatic carbocycles. The second-order valence-electron chi connectivity index (χ2n) is 4.77. The molecule has 0 fully saturated rings. The van der Waals surface area contributed by atoms with E-state index in [1.54, 1.807) is 20.8 Å². The SMILES string of the molecule is CC(C)(C)NS(=O)(=O)c1ccc(Cl)cc1CO. The molecule has 1 aromatic carbocycles. The minimum Gasteiger partial charge on any atom is -0.392 e. The van der Waals surface area contributed by atoms with Crippen LogP contribution in [-0.4, -0.2) is 19.1 Å². The molecule has 0 unspecified atom stereocenters. The molecule has 1 rings (SSSR count). The summed E-state index contributed by atoms with van der Waals surface area (Å²) in [6.45, 7) is 4.87. The molecule has 96 valence electrons. The number of hydrogen-bond acceptors (Lipinski definition) is 3. The zero-order chi connectivity index (χ0) is 13.3. The zero-order valence-corrected chi connectivity index (χ0v) is 11.6. The Kier molecular flexibility index (Phi) is 4.19. The number of benzene rings is 1. The van der Waals surface area contributed by atoms with E-state index in [-0.39, 0.29) is 17.1 Å². The van der Waals surface area contributed by atoms with Gasteiger partial charge >= 0.3 is 0 Å². The number of rotatable bonds is 3. The maximum atomic E-state index is 12.1. The lowest BCUT2D eigenvalue weighted by Gasteiger charge is -2.21. The average Bonchev–Trinajstić information content (AvgIpc) is 2.13. The predicted octanol–water partition coefficient (Wildman–Crippen LogP) is 1.91. The molecule has 4 nitrogen and oxygen atoms in total. The monoisotopic (exact) mass is 277 g/mol. The van der Waals surface area contributed by atoms with Crippen molar-refractivity contribution in [2.45, 2.75) is 37.8 Å².